The predicted molar refractivity (Wildman–Crippen MR) is 101 cm³/mol. The lowest BCUT2D eigenvalue weighted by atomic mass is 9.81. The van der Waals surface area contributed by atoms with Crippen LogP contribution in [-0.4, -0.2) is 11.4 Å². The molecule has 128 valence electrons. The number of Topliss-reactive ketones (excluding diaryl/α,β-unsaturated/α-hetero) is 1. The fraction of sp³-hybridized carbons (Fsp3) is 0.136. The van der Waals surface area contributed by atoms with Gasteiger partial charge in [0.15, 0.2) is 6.10 Å². The standard InChI is InChI=1S/C22H15BrO3/c23-16-12-10-15(11-13-16)21-22(26-21)19(24)17-8-4-5-9-18(17)25-20(22)14-6-2-1-3-7-14/h1-13,20-21H/t20-,21?,22-/m1/s1. The van der Waals surface area contributed by atoms with Crippen LogP contribution >= 0.6 is 15.9 Å². The van der Waals surface area contributed by atoms with E-state index in [9.17, 15) is 4.79 Å². The van der Waals surface area contributed by atoms with Crippen LogP contribution in [0.2, 0.25) is 0 Å². The largest absolute Gasteiger partial charge is 0.481 e. The topological polar surface area (TPSA) is 38.8 Å². The number of carbonyl (C=O) groups is 1. The molecule has 1 spiro atoms. The summed E-state index contributed by atoms with van der Waals surface area (Å²) >= 11 is 3.45. The Morgan fingerprint density at radius 3 is 2.19 bits per heavy atom. The van der Waals surface area contributed by atoms with Gasteiger partial charge in [0.05, 0.1) is 5.56 Å². The molecule has 3 aromatic carbocycles. The molecule has 26 heavy (non-hydrogen) atoms. The number of ketones is 1. The molecule has 2 aliphatic heterocycles. The van der Waals surface area contributed by atoms with Crippen molar-refractivity contribution in [1.82, 2.24) is 0 Å². The van der Waals surface area contributed by atoms with E-state index in [1.807, 2.05) is 72.8 Å². The Labute approximate surface area is 159 Å². The minimum absolute atomic E-state index is 0.0129. The van der Waals surface area contributed by atoms with Crippen LogP contribution in [0.1, 0.15) is 33.7 Å². The summed E-state index contributed by atoms with van der Waals surface area (Å²) in [5, 5.41) is 0. The molecule has 1 fully saturated rings. The van der Waals surface area contributed by atoms with E-state index < -0.39 is 11.7 Å². The highest BCUT2D eigenvalue weighted by atomic mass is 79.9. The summed E-state index contributed by atoms with van der Waals surface area (Å²) in [7, 11) is 0. The third-order valence-corrected chi connectivity index (χ3v) is 5.57. The second kappa shape index (κ2) is 5.79. The molecule has 0 amide bonds. The first-order valence-electron chi connectivity index (χ1n) is 8.49. The molecule has 0 aliphatic carbocycles. The Morgan fingerprint density at radius 2 is 1.42 bits per heavy atom. The Balaban J connectivity index is 1.64. The SMILES string of the molecule is O=C1c2ccccc2O[C@H](c2ccccc2)[C@]12OC2c1ccc(Br)cc1. The van der Waals surface area contributed by atoms with Gasteiger partial charge in [0.25, 0.3) is 0 Å². The highest BCUT2D eigenvalue weighted by Crippen LogP contribution is 2.61. The molecule has 2 aliphatic rings. The van der Waals surface area contributed by atoms with Crippen LogP contribution in [0.3, 0.4) is 0 Å². The number of fused-ring (bicyclic) bond motifs is 1. The average molecular weight is 407 g/mol. The predicted octanol–water partition coefficient (Wildman–Crippen LogP) is 5.28. The van der Waals surface area contributed by atoms with Crippen molar-refractivity contribution in [3.8, 4) is 5.75 Å². The van der Waals surface area contributed by atoms with Crippen LogP contribution in [0.15, 0.2) is 83.3 Å². The number of hydrogen-bond donors (Lipinski definition) is 0. The third-order valence-electron chi connectivity index (χ3n) is 5.04. The summed E-state index contributed by atoms with van der Waals surface area (Å²) in [6.07, 6.45) is -0.790. The number of rotatable bonds is 2. The van der Waals surface area contributed by atoms with E-state index >= 15 is 0 Å². The highest BCUT2D eigenvalue weighted by molar-refractivity contribution is 9.10. The van der Waals surface area contributed by atoms with Gasteiger partial charge in [-0.1, -0.05) is 70.5 Å². The number of benzene rings is 3. The number of ether oxygens (including phenoxy) is 2. The maximum Gasteiger partial charge on any atom is 0.205 e. The smallest absolute Gasteiger partial charge is 0.205 e. The molecule has 0 saturated carbocycles. The fourth-order valence-corrected chi connectivity index (χ4v) is 3.99. The summed E-state index contributed by atoms with van der Waals surface area (Å²) in [4.78, 5) is 13.4. The molecule has 4 heteroatoms. The monoisotopic (exact) mass is 406 g/mol. The first kappa shape index (κ1) is 15.8. The van der Waals surface area contributed by atoms with Gasteiger partial charge in [-0.2, -0.15) is 0 Å². The molecule has 3 atom stereocenters. The highest BCUT2D eigenvalue weighted by Gasteiger charge is 2.71. The molecule has 0 bridgehead atoms. The molecule has 5 rings (SSSR count). The van der Waals surface area contributed by atoms with E-state index in [1.165, 1.54) is 0 Å². The van der Waals surface area contributed by atoms with Gasteiger partial charge in [0.1, 0.15) is 11.9 Å². The number of hydrogen-bond acceptors (Lipinski definition) is 3. The average Bonchev–Trinajstić information content (AvgIpc) is 3.42. The second-order valence-corrected chi connectivity index (χ2v) is 7.49. The van der Waals surface area contributed by atoms with Gasteiger partial charge in [0.2, 0.25) is 11.4 Å². The molecular weight excluding hydrogens is 392 g/mol. The summed E-state index contributed by atoms with van der Waals surface area (Å²) in [5.74, 6) is 0.600. The molecule has 3 aromatic rings. The fourth-order valence-electron chi connectivity index (χ4n) is 3.73. The van der Waals surface area contributed by atoms with E-state index in [0.29, 0.717) is 11.3 Å². The first-order valence-corrected chi connectivity index (χ1v) is 9.28. The first-order chi connectivity index (χ1) is 12.7. The van der Waals surface area contributed by atoms with Crippen LogP contribution in [0.25, 0.3) is 0 Å². The van der Waals surface area contributed by atoms with Crippen molar-refractivity contribution >= 4 is 21.7 Å². The number of halogens is 1. The molecule has 0 aromatic heterocycles. The molecule has 3 nitrogen and oxygen atoms in total. The summed E-state index contributed by atoms with van der Waals surface area (Å²) in [6, 6.07) is 25.1. The third kappa shape index (κ3) is 2.26. The maximum atomic E-state index is 13.4. The Hall–Kier alpha value is -2.43. The zero-order chi connectivity index (χ0) is 17.7. The molecule has 0 radical (unpaired) electrons. The van der Waals surface area contributed by atoms with Crippen LogP contribution in [0.4, 0.5) is 0 Å². The number of carbonyl (C=O) groups excluding carboxylic acids is 1. The maximum absolute atomic E-state index is 13.4. The molecule has 0 N–H and O–H groups in total. The van der Waals surface area contributed by atoms with Gasteiger partial charge in [0, 0.05) is 4.47 Å². The van der Waals surface area contributed by atoms with Crippen LogP contribution < -0.4 is 4.74 Å². The van der Waals surface area contributed by atoms with Crippen molar-refractivity contribution in [2.75, 3.05) is 0 Å². The van der Waals surface area contributed by atoms with E-state index in [-0.39, 0.29) is 11.9 Å². The molecule has 1 unspecified atom stereocenters. The summed E-state index contributed by atoms with van der Waals surface area (Å²) < 4.78 is 13.4. The van der Waals surface area contributed by atoms with E-state index in [0.717, 1.165) is 15.6 Å². The Bertz CT molecular complexity index is 984. The van der Waals surface area contributed by atoms with Gasteiger partial charge in [-0.15, -0.1) is 0 Å². The summed E-state index contributed by atoms with van der Waals surface area (Å²) in [6.45, 7) is 0. The van der Waals surface area contributed by atoms with Crippen molar-refractivity contribution < 1.29 is 14.3 Å². The normalized spacial score (nSPS) is 26.3. The van der Waals surface area contributed by atoms with Crippen LogP contribution in [0.5, 0.6) is 5.75 Å². The summed E-state index contributed by atoms with van der Waals surface area (Å²) in [5.41, 5.74) is 1.49. The molecule has 2 heterocycles. The van der Waals surface area contributed by atoms with Gasteiger partial charge >= 0.3 is 0 Å². The van der Waals surface area contributed by atoms with Gasteiger partial charge in [-0.05, 0) is 35.4 Å². The van der Waals surface area contributed by atoms with Gasteiger partial charge in [-0.25, -0.2) is 0 Å². The molecular formula is C22H15BrO3. The number of epoxide rings is 1. The van der Waals surface area contributed by atoms with Crippen molar-refractivity contribution in [3.63, 3.8) is 0 Å². The second-order valence-electron chi connectivity index (χ2n) is 6.58. The minimum Gasteiger partial charge on any atom is -0.481 e. The van der Waals surface area contributed by atoms with Crippen molar-refractivity contribution in [2.24, 2.45) is 0 Å². The lowest BCUT2D eigenvalue weighted by Crippen LogP contribution is -2.40. The van der Waals surface area contributed by atoms with E-state index in [4.69, 9.17) is 9.47 Å². The minimum atomic E-state index is -1.01. The van der Waals surface area contributed by atoms with Crippen molar-refractivity contribution in [2.45, 2.75) is 17.8 Å². The quantitative estimate of drug-likeness (QED) is 0.543. The zero-order valence-electron chi connectivity index (χ0n) is 13.8. The van der Waals surface area contributed by atoms with Crippen molar-refractivity contribution in [1.29, 1.82) is 0 Å². The van der Waals surface area contributed by atoms with E-state index in [2.05, 4.69) is 15.9 Å². The lowest BCUT2D eigenvalue weighted by molar-refractivity contribution is 0.0523. The zero-order valence-corrected chi connectivity index (χ0v) is 15.3. The van der Waals surface area contributed by atoms with Gasteiger partial charge in [-0.3, -0.25) is 4.79 Å². The van der Waals surface area contributed by atoms with Crippen molar-refractivity contribution in [3.05, 3.63) is 100 Å². The molecule has 1 saturated heterocycles. The van der Waals surface area contributed by atoms with Gasteiger partial charge < -0.3 is 9.47 Å². The van der Waals surface area contributed by atoms with Crippen LogP contribution in [-0.2, 0) is 4.74 Å². The Morgan fingerprint density at radius 1 is 0.769 bits per heavy atom. The number of para-hydroxylation sites is 1. The Kier molecular flexibility index (Phi) is 3.52. The van der Waals surface area contributed by atoms with E-state index in [1.54, 1.807) is 6.07 Å². The lowest BCUT2D eigenvalue weighted by Gasteiger charge is -2.31. The van der Waals surface area contributed by atoms with Crippen LogP contribution in [0, 0.1) is 0 Å².